The number of rotatable bonds is 7. The van der Waals surface area contributed by atoms with Crippen LogP contribution in [0.4, 0.5) is 0 Å². The summed E-state index contributed by atoms with van der Waals surface area (Å²) in [5, 5.41) is 10.7. The van der Waals surface area contributed by atoms with E-state index in [1.807, 2.05) is 39.0 Å². The van der Waals surface area contributed by atoms with E-state index in [9.17, 15) is 9.59 Å². The van der Waals surface area contributed by atoms with Crippen molar-refractivity contribution in [3.05, 3.63) is 50.3 Å². The van der Waals surface area contributed by atoms with Gasteiger partial charge in [-0.05, 0) is 33.8 Å². The van der Waals surface area contributed by atoms with Crippen LogP contribution in [-0.2, 0) is 27.3 Å². The van der Waals surface area contributed by atoms with Crippen LogP contribution < -0.4 is 0 Å². The SMILES string of the molecule is CN(Cc1ccsc1)C(=O)COC(=O)Cc1csc(-c2ccsc2)n1. The number of carbonyl (C=O) groups excluding carboxylic acids is 2. The summed E-state index contributed by atoms with van der Waals surface area (Å²) in [4.78, 5) is 29.9. The lowest BCUT2D eigenvalue weighted by atomic mass is 10.3. The fraction of sp³-hybridized carbons (Fsp3) is 0.235. The van der Waals surface area contributed by atoms with Gasteiger partial charge in [-0.25, -0.2) is 4.98 Å². The van der Waals surface area contributed by atoms with Crippen LogP contribution in [0.2, 0.25) is 0 Å². The predicted molar refractivity (Wildman–Crippen MR) is 101 cm³/mol. The first-order valence-corrected chi connectivity index (χ1v) is 10.3. The van der Waals surface area contributed by atoms with Crippen molar-refractivity contribution in [1.29, 1.82) is 0 Å². The van der Waals surface area contributed by atoms with Crippen LogP contribution in [0.25, 0.3) is 10.6 Å². The van der Waals surface area contributed by atoms with Gasteiger partial charge in [0.25, 0.3) is 5.91 Å². The van der Waals surface area contributed by atoms with Gasteiger partial charge in [0.2, 0.25) is 0 Å². The van der Waals surface area contributed by atoms with E-state index in [0.717, 1.165) is 16.1 Å². The first kappa shape index (κ1) is 17.8. The highest BCUT2D eigenvalue weighted by Crippen LogP contribution is 2.25. The van der Waals surface area contributed by atoms with Crippen LogP contribution in [0.1, 0.15) is 11.3 Å². The number of thiophene rings is 2. The molecule has 0 N–H and O–H groups in total. The van der Waals surface area contributed by atoms with Gasteiger partial charge in [0.1, 0.15) is 5.01 Å². The Morgan fingerprint density at radius 1 is 1.16 bits per heavy atom. The highest BCUT2D eigenvalue weighted by molar-refractivity contribution is 7.14. The maximum absolute atomic E-state index is 12.0. The molecule has 1 amide bonds. The Balaban J connectivity index is 1.45. The van der Waals surface area contributed by atoms with E-state index in [1.54, 1.807) is 34.6 Å². The molecule has 5 nitrogen and oxygen atoms in total. The predicted octanol–water partition coefficient (Wildman–Crippen LogP) is 3.68. The Bertz CT molecular complexity index is 825. The molecule has 3 heterocycles. The molecule has 130 valence electrons. The molecule has 0 saturated carbocycles. The fourth-order valence-corrected chi connectivity index (χ4v) is 4.29. The Morgan fingerprint density at radius 2 is 1.96 bits per heavy atom. The number of amides is 1. The molecule has 0 atom stereocenters. The number of carbonyl (C=O) groups is 2. The molecule has 8 heteroatoms. The highest BCUT2D eigenvalue weighted by atomic mass is 32.1. The van der Waals surface area contributed by atoms with Crippen LogP contribution in [0, 0.1) is 0 Å². The smallest absolute Gasteiger partial charge is 0.312 e. The number of hydrogen-bond acceptors (Lipinski definition) is 7. The number of thiazole rings is 1. The van der Waals surface area contributed by atoms with Crippen molar-refractivity contribution < 1.29 is 14.3 Å². The summed E-state index contributed by atoms with van der Waals surface area (Å²) >= 11 is 4.69. The van der Waals surface area contributed by atoms with E-state index in [4.69, 9.17) is 4.74 Å². The zero-order valence-corrected chi connectivity index (χ0v) is 16.0. The van der Waals surface area contributed by atoms with E-state index < -0.39 is 5.97 Å². The Kier molecular flexibility index (Phi) is 5.95. The molecule has 0 spiro atoms. The van der Waals surface area contributed by atoms with E-state index in [2.05, 4.69) is 4.98 Å². The molecular weight excluding hydrogens is 376 g/mol. The number of ether oxygens (including phenoxy) is 1. The minimum atomic E-state index is -0.445. The van der Waals surface area contributed by atoms with Crippen molar-refractivity contribution in [2.45, 2.75) is 13.0 Å². The van der Waals surface area contributed by atoms with Gasteiger partial charge < -0.3 is 9.64 Å². The first-order valence-electron chi connectivity index (χ1n) is 7.49. The third-order valence-corrected chi connectivity index (χ3v) is 5.78. The van der Waals surface area contributed by atoms with Gasteiger partial charge in [-0.1, -0.05) is 0 Å². The highest BCUT2D eigenvalue weighted by Gasteiger charge is 2.14. The molecule has 0 radical (unpaired) electrons. The average molecular weight is 393 g/mol. The second-order valence-electron chi connectivity index (χ2n) is 5.37. The van der Waals surface area contributed by atoms with Crippen LogP contribution in [-0.4, -0.2) is 35.4 Å². The third-order valence-electron chi connectivity index (χ3n) is 3.43. The average Bonchev–Trinajstić information content (AvgIpc) is 3.34. The summed E-state index contributed by atoms with van der Waals surface area (Å²) in [7, 11) is 1.70. The lowest BCUT2D eigenvalue weighted by molar-refractivity contribution is -0.151. The minimum Gasteiger partial charge on any atom is -0.455 e. The molecule has 3 aromatic heterocycles. The Hall–Kier alpha value is -2.03. The quantitative estimate of drug-likeness (QED) is 0.576. The normalized spacial score (nSPS) is 10.6. The summed E-state index contributed by atoms with van der Waals surface area (Å²) in [6.45, 7) is 0.261. The van der Waals surface area contributed by atoms with Crippen molar-refractivity contribution in [2.75, 3.05) is 13.7 Å². The molecule has 0 unspecified atom stereocenters. The first-order chi connectivity index (χ1) is 12.1. The van der Waals surface area contributed by atoms with Crippen molar-refractivity contribution in [3.63, 3.8) is 0 Å². The maximum atomic E-state index is 12.0. The van der Waals surface area contributed by atoms with Gasteiger partial charge >= 0.3 is 5.97 Å². The fourth-order valence-electron chi connectivity index (χ4n) is 2.10. The van der Waals surface area contributed by atoms with E-state index in [0.29, 0.717) is 12.2 Å². The summed E-state index contributed by atoms with van der Waals surface area (Å²) in [6, 6.07) is 3.96. The summed E-state index contributed by atoms with van der Waals surface area (Å²) in [5.74, 6) is -0.670. The van der Waals surface area contributed by atoms with Crippen molar-refractivity contribution in [1.82, 2.24) is 9.88 Å². The molecule has 0 aliphatic carbocycles. The number of nitrogens with zero attached hydrogens (tertiary/aromatic N) is 2. The number of esters is 1. The standard InChI is InChI=1S/C17H16N2O3S3/c1-19(7-12-2-4-23-9-12)15(20)8-22-16(21)6-14-11-25-17(18-14)13-3-5-24-10-13/h2-5,9-11H,6-8H2,1H3. The number of hydrogen-bond donors (Lipinski definition) is 0. The number of likely N-dealkylation sites (N-methyl/N-ethyl adjacent to an activating group) is 1. The van der Waals surface area contributed by atoms with Crippen molar-refractivity contribution >= 4 is 45.9 Å². The molecule has 0 aromatic carbocycles. The summed E-state index contributed by atoms with van der Waals surface area (Å²) < 4.78 is 5.09. The van der Waals surface area contributed by atoms with E-state index in [1.165, 1.54) is 11.3 Å². The van der Waals surface area contributed by atoms with E-state index in [-0.39, 0.29) is 18.9 Å². The monoisotopic (exact) mass is 392 g/mol. The maximum Gasteiger partial charge on any atom is 0.312 e. The largest absolute Gasteiger partial charge is 0.455 e. The molecule has 0 aliphatic rings. The van der Waals surface area contributed by atoms with Gasteiger partial charge in [-0.2, -0.15) is 22.7 Å². The molecule has 3 rings (SSSR count). The zero-order chi connectivity index (χ0) is 17.6. The molecule has 3 aromatic rings. The minimum absolute atomic E-state index is 0.0716. The van der Waals surface area contributed by atoms with Gasteiger partial charge in [-0.15, -0.1) is 11.3 Å². The number of aromatic nitrogens is 1. The molecule has 0 saturated heterocycles. The van der Waals surface area contributed by atoms with Crippen LogP contribution in [0.15, 0.2) is 39.0 Å². The zero-order valence-electron chi connectivity index (χ0n) is 13.5. The van der Waals surface area contributed by atoms with E-state index >= 15 is 0 Å². The summed E-state index contributed by atoms with van der Waals surface area (Å²) in [6.07, 6.45) is 0.0716. The summed E-state index contributed by atoms with van der Waals surface area (Å²) in [5.41, 5.74) is 2.78. The lowest BCUT2D eigenvalue weighted by Crippen LogP contribution is -2.30. The molecule has 0 aliphatic heterocycles. The van der Waals surface area contributed by atoms with Crippen LogP contribution >= 0.6 is 34.0 Å². The van der Waals surface area contributed by atoms with Crippen LogP contribution in [0.5, 0.6) is 0 Å². The van der Waals surface area contributed by atoms with Gasteiger partial charge in [0.15, 0.2) is 6.61 Å². The molecule has 25 heavy (non-hydrogen) atoms. The van der Waals surface area contributed by atoms with Crippen LogP contribution in [0.3, 0.4) is 0 Å². The van der Waals surface area contributed by atoms with Crippen molar-refractivity contribution in [3.8, 4) is 10.6 Å². The molecule has 0 fully saturated rings. The van der Waals surface area contributed by atoms with Gasteiger partial charge in [0.05, 0.1) is 12.1 Å². The Labute approximate surface area is 157 Å². The van der Waals surface area contributed by atoms with Gasteiger partial charge in [-0.3, -0.25) is 9.59 Å². The topological polar surface area (TPSA) is 59.5 Å². The van der Waals surface area contributed by atoms with Crippen molar-refractivity contribution in [2.24, 2.45) is 0 Å². The third kappa shape index (κ3) is 4.97. The van der Waals surface area contributed by atoms with Gasteiger partial charge in [0, 0.05) is 29.9 Å². The second-order valence-corrected chi connectivity index (χ2v) is 7.79. The Morgan fingerprint density at radius 3 is 2.68 bits per heavy atom. The second kappa shape index (κ2) is 8.37. The molecule has 0 bridgehead atoms. The molecular formula is C17H16N2O3S3. The lowest BCUT2D eigenvalue weighted by Gasteiger charge is -2.16.